The van der Waals surface area contributed by atoms with Crippen molar-refractivity contribution in [1.82, 2.24) is 10.2 Å². The van der Waals surface area contributed by atoms with Crippen molar-refractivity contribution in [3.63, 3.8) is 0 Å². The Bertz CT molecular complexity index is 320. The summed E-state index contributed by atoms with van der Waals surface area (Å²) in [7, 11) is 2.16. The van der Waals surface area contributed by atoms with E-state index in [0.717, 1.165) is 18.7 Å². The number of nitrogens with zero attached hydrogens (tertiary/aromatic N) is 1. The third kappa shape index (κ3) is 3.80. The average molecular weight is 234 g/mol. The molecule has 0 spiro atoms. The van der Waals surface area contributed by atoms with Crippen LogP contribution in [0.4, 0.5) is 0 Å². The van der Waals surface area contributed by atoms with E-state index < -0.39 is 6.10 Å². The minimum atomic E-state index is -0.393. The third-order valence-electron chi connectivity index (χ3n) is 3.50. The fourth-order valence-corrected chi connectivity index (χ4v) is 2.28. The highest BCUT2D eigenvalue weighted by Crippen LogP contribution is 2.13. The number of nitrogens with one attached hydrogen (secondary N) is 1. The van der Waals surface area contributed by atoms with Crippen molar-refractivity contribution in [2.24, 2.45) is 0 Å². The zero-order valence-electron chi connectivity index (χ0n) is 10.5. The van der Waals surface area contributed by atoms with Crippen molar-refractivity contribution in [2.75, 3.05) is 26.7 Å². The highest BCUT2D eigenvalue weighted by atomic mass is 16.3. The number of hydrogen-bond donors (Lipinski definition) is 2. The van der Waals surface area contributed by atoms with Crippen molar-refractivity contribution in [3.05, 3.63) is 35.9 Å². The fraction of sp³-hybridized carbons (Fsp3) is 0.571. The molecule has 0 amide bonds. The van der Waals surface area contributed by atoms with Gasteiger partial charge in [0, 0.05) is 12.6 Å². The first kappa shape index (κ1) is 12.6. The second-order valence-corrected chi connectivity index (χ2v) is 4.91. The quantitative estimate of drug-likeness (QED) is 0.826. The molecule has 1 saturated heterocycles. The molecule has 2 rings (SSSR count). The molecule has 2 N–H and O–H groups in total. The molecule has 1 heterocycles. The van der Waals surface area contributed by atoms with E-state index in [0.29, 0.717) is 12.6 Å². The SMILES string of the molecule is CN1CCC(NCC(O)c2ccccc2)CC1. The van der Waals surface area contributed by atoms with E-state index in [1.165, 1.54) is 12.8 Å². The van der Waals surface area contributed by atoms with Gasteiger partial charge in [-0.2, -0.15) is 0 Å². The number of hydrogen-bond acceptors (Lipinski definition) is 3. The highest BCUT2D eigenvalue weighted by Gasteiger charge is 2.17. The zero-order chi connectivity index (χ0) is 12.1. The van der Waals surface area contributed by atoms with Gasteiger partial charge in [0.2, 0.25) is 0 Å². The van der Waals surface area contributed by atoms with Crippen molar-refractivity contribution in [1.29, 1.82) is 0 Å². The first-order valence-electron chi connectivity index (χ1n) is 6.40. The maximum Gasteiger partial charge on any atom is 0.0914 e. The van der Waals surface area contributed by atoms with Crippen molar-refractivity contribution >= 4 is 0 Å². The molecular weight excluding hydrogens is 212 g/mol. The molecule has 1 aliphatic heterocycles. The summed E-state index contributed by atoms with van der Waals surface area (Å²) in [5.41, 5.74) is 0.993. The van der Waals surface area contributed by atoms with Crippen molar-refractivity contribution in [2.45, 2.75) is 25.0 Å². The van der Waals surface area contributed by atoms with Crippen LogP contribution in [-0.2, 0) is 0 Å². The number of aliphatic hydroxyl groups excluding tert-OH is 1. The summed E-state index contributed by atoms with van der Waals surface area (Å²) in [6, 6.07) is 10.4. The topological polar surface area (TPSA) is 35.5 Å². The lowest BCUT2D eigenvalue weighted by Crippen LogP contribution is -2.42. The third-order valence-corrected chi connectivity index (χ3v) is 3.50. The van der Waals surface area contributed by atoms with Gasteiger partial charge in [0.05, 0.1) is 6.10 Å². The zero-order valence-corrected chi connectivity index (χ0v) is 10.5. The Morgan fingerprint density at radius 2 is 1.94 bits per heavy atom. The molecule has 1 unspecified atom stereocenters. The van der Waals surface area contributed by atoms with Gasteiger partial charge in [0.1, 0.15) is 0 Å². The minimum absolute atomic E-state index is 0.393. The van der Waals surface area contributed by atoms with Crippen LogP contribution < -0.4 is 5.32 Å². The molecule has 1 aliphatic rings. The number of likely N-dealkylation sites (tertiary alicyclic amines) is 1. The Morgan fingerprint density at radius 1 is 1.29 bits per heavy atom. The Kier molecular flexibility index (Phi) is 4.54. The summed E-state index contributed by atoms with van der Waals surface area (Å²) in [6.45, 7) is 2.95. The van der Waals surface area contributed by atoms with Crippen LogP contribution in [0.2, 0.25) is 0 Å². The van der Waals surface area contributed by atoms with Crippen LogP contribution >= 0.6 is 0 Å². The monoisotopic (exact) mass is 234 g/mol. The smallest absolute Gasteiger partial charge is 0.0914 e. The van der Waals surface area contributed by atoms with Gasteiger partial charge >= 0.3 is 0 Å². The van der Waals surface area contributed by atoms with Crippen LogP contribution in [0.1, 0.15) is 24.5 Å². The van der Waals surface area contributed by atoms with Gasteiger partial charge in [-0.05, 0) is 38.5 Å². The molecule has 0 saturated carbocycles. The molecule has 94 valence electrons. The van der Waals surface area contributed by atoms with Gasteiger partial charge in [-0.3, -0.25) is 0 Å². The van der Waals surface area contributed by atoms with E-state index >= 15 is 0 Å². The summed E-state index contributed by atoms with van der Waals surface area (Å²) >= 11 is 0. The van der Waals surface area contributed by atoms with E-state index in [-0.39, 0.29) is 0 Å². The molecule has 1 fully saturated rings. The molecule has 3 heteroatoms. The Hall–Kier alpha value is -0.900. The van der Waals surface area contributed by atoms with E-state index in [9.17, 15) is 5.11 Å². The maximum absolute atomic E-state index is 10.0. The van der Waals surface area contributed by atoms with Gasteiger partial charge in [-0.1, -0.05) is 30.3 Å². The van der Waals surface area contributed by atoms with Gasteiger partial charge in [0.15, 0.2) is 0 Å². The van der Waals surface area contributed by atoms with Crippen LogP contribution in [0.3, 0.4) is 0 Å². The van der Waals surface area contributed by atoms with Crippen molar-refractivity contribution < 1.29 is 5.11 Å². The van der Waals surface area contributed by atoms with Crippen LogP contribution in [0.25, 0.3) is 0 Å². The molecule has 1 atom stereocenters. The lowest BCUT2D eigenvalue weighted by atomic mass is 10.0. The largest absolute Gasteiger partial charge is 0.387 e. The number of aliphatic hydroxyl groups is 1. The van der Waals surface area contributed by atoms with Crippen LogP contribution in [0, 0.1) is 0 Å². The second-order valence-electron chi connectivity index (χ2n) is 4.91. The Balaban J connectivity index is 1.75. The second kappa shape index (κ2) is 6.15. The fourth-order valence-electron chi connectivity index (χ4n) is 2.28. The predicted molar refractivity (Wildman–Crippen MR) is 69.9 cm³/mol. The molecule has 0 bridgehead atoms. The molecule has 0 radical (unpaired) electrons. The molecule has 17 heavy (non-hydrogen) atoms. The molecule has 0 aromatic heterocycles. The standard InChI is InChI=1S/C14H22N2O/c1-16-9-7-13(8-10-16)15-11-14(17)12-5-3-2-4-6-12/h2-6,13-15,17H,7-11H2,1H3. The summed E-state index contributed by atoms with van der Waals surface area (Å²) in [5, 5.41) is 13.5. The van der Waals surface area contributed by atoms with Crippen LogP contribution in [-0.4, -0.2) is 42.7 Å². The van der Waals surface area contributed by atoms with E-state index in [2.05, 4.69) is 17.3 Å². The Morgan fingerprint density at radius 3 is 2.59 bits per heavy atom. The lowest BCUT2D eigenvalue weighted by molar-refractivity contribution is 0.158. The highest BCUT2D eigenvalue weighted by molar-refractivity contribution is 5.17. The van der Waals surface area contributed by atoms with Gasteiger partial charge in [-0.15, -0.1) is 0 Å². The lowest BCUT2D eigenvalue weighted by Gasteiger charge is -2.30. The first-order valence-corrected chi connectivity index (χ1v) is 6.40. The average Bonchev–Trinajstić information content (AvgIpc) is 2.39. The van der Waals surface area contributed by atoms with Crippen LogP contribution in [0.5, 0.6) is 0 Å². The number of rotatable bonds is 4. The summed E-state index contributed by atoms with van der Waals surface area (Å²) < 4.78 is 0. The Labute approximate surface area is 103 Å². The summed E-state index contributed by atoms with van der Waals surface area (Å²) in [6.07, 6.45) is 1.96. The first-order chi connectivity index (χ1) is 8.25. The van der Waals surface area contributed by atoms with Crippen LogP contribution in [0.15, 0.2) is 30.3 Å². The summed E-state index contributed by atoms with van der Waals surface area (Å²) in [4.78, 5) is 2.35. The number of benzene rings is 1. The summed E-state index contributed by atoms with van der Waals surface area (Å²) in [5.74, 6) is 0. The molecule has 1 aromatic rings. The minimum Gasteiger partial charge on any atom is -0.387 e. The molecule has 0 aliphatic carbocycles. The van der Waals surface area contributed by atoms with Gasteiger partial charge in [0.25, 0.3) is 0 Å². The van der Waals surface area contributed by atoms with E-state index in [1.807, 2.05) is 30.3 Å². The number of piperidine rings is 1. The van der Waals surface area contributed by atoms with Gasteiger partial charge in [-0.25, -0.2) is 0 Å². The predicted octanol–water partition coefficient (Wildman–Crippen LogP) is 1.40. The normalized spacial score (nSPS) is 20.4. The maximum atomic E-state index is 10.0. The molecule has 3 nitrogen and oxygen atoms in total. The van der Waals surface area contributed by atoms with E-state index in [1.54, 1.807) is 0 Å². The molecule has 1 aromatic carbocycles. The van der Waals surface area contributed by atoms with Gasteiger partial charge < -0.3 is 15.3 Å². The molecular formula is C14H22N2O. The van der Waals surface area contributed by atoms with Crippen molar-refractivity contribution in [3.8, 4) is 0 Å². The van der Waals surface area contributed by atoms with E-state index in [4.69, 9.17) is 0 Å².